The van der Waals surface area contributed by atoms with Crippen LogP contribution < -0.4 is 16.2 Å². The number of nitrogens with one attached hydrogen (secondary N) is 3. The van der Waals surface area contributed by atoms with Gasteiger partial charge in [0.25, 0.3) is 0 Å². The van der Waals surface area contributed by atoms with Crippen LogP contribution in [0.2, 0.25) is 0 Å². The molecule has 92 valence electrons. The molecule has 3 N–H and O–H groups in total. The van der Waals surface area contributed by atoms with Crippen LogP contribution in [0.5, 0.6) is 0 Å². The Morgan fingerprint density at radius 1 is 1.17 bits per heavy atom. The molecule has 0 atom stereocenters. The van der Waals surface area contributed by atoms with Crippen LogP contribution in [-0.2, 0) is 6.54 Å². The number of hydrogen-bond acceptors (Lipinski definition) is 4. The van der Waals surface area contributed by atoms with Crippen LogP contribution in [0.4, 0.5) is 5.82 Å². The monoisotopic (exact) mass is 259 g/mol. The van der Waals surface area contributed by atoms with E-state index in [1.165, 1.54) is 5.56 Å². The molecule has 0 amide bonds. The second-order valence-electron chi connectivity index (χ2n) is 3.51. The van der Waals surface area contributed by atoms with Crippen LogP contribution in [0.3, 0.4) is 0 Å². The Hall–Kier alpha value is -2.21. The highest BCUT2D eigenvalue weighted by atomic mass is 32.1. The van der Waals surface area contributed by atoms with Gasteiger partial charge in [0.2, 0.25) is 0 Å². The number of thiocarbonyl (C=S) groups is 1. The average molecular weight is 259 g/mol. The summed E-state index contributed by atoms with van der Waals surface area (Å²) in [4.78, 5) is 7.97. The lowest BCUT2D eigenvalue weighted by Gasteiger charge is -2.11. The molecule has 0 saturated heterocycles. The van der Waals surface area contributed by atoms with E-state index in [9.17, 15) is 0 Å². The predicted octanol–water partition coefficient (Wildman–Crippen LogP) is 1.47. The summed E-state index contributed by atoms with van der Waals surface area (Å²) in [5, 5.41) is 3.58. The lowest BCUT2D eigenvalue weighted by atomic mass is 10.2. The maximum absolute atomic E-state index is 5.12. The second kappa shape index (κ2) is 6.51. The molecule has 2 aromatic rings. The minimum absolute atomic E-state index is 0.504. The van der Waals surface area contributed by atoms with E-state index in [1.54, 1.807) is 18.6 Å². The summed E-state index contributed by atoms with van der Waals surface area (Å²) in [6.07, 6.45) is 4.81. The van der Waals surface area contributed by atoms with Crippen molar-refractivity contribution in [2.45, 2.75) is 6.54 Å². The largest absolute Gasteiger partial charge is 0.357 e. The molecule has 0 spiro atoms. The van der Waals surface area contributed by atoms with E-state index >= 15 is 0 Å². The maximum atomic E-state index is 5.12. The summed E-state index contributed by atoms with van der Waals surface area (Å²) in [6.45, 7) is 0.675. The summed E-state index contributed by atoms with van der Waals surface area (Å²) < 4.78 is 0. The number of aromatic nitrogens is 2. The van der Waals surface area contributed by atoms with Crippen LogP contribution in [0.25, 0.3) is 0 Å². The minimum atomic E-state index is 0.504. The smallest absolute Gasteiger partial charge is 0.185 e. The van der Waals surface area contributed by atoms with Gasteiger partial charge < -0.3 is 5.32 Å². The standard InChI is InChI=1S/C12H13N5S/c18-12(15-8-10-4-2-1-3-5-10)17-16-11-9-13-6-7-14-11/h1-7,9H,8H2,(H,14,16)(H2,15,17,18). The first-order chi connectivity index (χ1) is 8.84. The fraction of sp³-hybridized carbons (Fsp3) is 0.0833. The first-order valence-corrected chi connectivity index (χ1v) is 5.85. The van der Waals surface area contributed by atoms with Gasteiger partial charge in [0.1, 0.15) is 0 Å². The van der Waals surface area contributed by atoms with Gasteiger partial charge in [0.05, 0.1) is 6.20 Å². The number of hydrogen-bond donors (Lipinski definition) is 3. The fourth-order valence-corrected chi connectivity index (χ4v) is 1.43. The third-order valence-corrected chi connectivity index (χ3v) is 2.41. The van der Waals surface area contributed by atoms with E-state index in [2.05, 4.69) is 26.1 Å². The van der Waals surface area contributed by atoms with E-state index < -0.39 is 0 Å². The van der Waals surface area contributed by atoms with Gasteiger partial charge in [-0.15, -0.1) is 0 Å². The number of benzene rings is 1. The van der Waals surface area contributed by atoms with Crippen LogP contribution in [-0.4, -0.2) is 15.1 Å². The molecular weight excluding hydrogens is 246 g/mol. The van der Waals surface area contributed by atoms with Crippen molar-refractivity contribution >= 4 is 23.1 Å². The second-order valence-corrected chi connectivity index (χ2v) is 3.92. The van der Waals surface area contributed by atoms with Crippen molar-refractivity contribution in [3.8, 4) is 0 Å². The SMILES string of the molecule is S=C(NCc1ccccc1)NNc1cnccn1. The molecule has 2 rings (SSSR count). The van der Waals surface area contributed by atoms with Crippen LogP contribution in [0.15, 0.2) is 48.9 Å². The third kappa shape index (κ3) is 3.99. The molecular formula is C12H13N5S. The molecule has 0 saturated carbocycles. The van der Waals surface area contributed by atoms with Crippen molar-refractivity contribution in [3.63, 3.8) is 0 Å². The van der Waals surface area contributed by atoms with Crippen molar-refractivity contribution in [1.29, 1.82) is 0 Å². The molecule has 6 heteroatoms. The quantitative estimate of drug-likeness (QED) is 0.571. The zero-order valence-electron chi connectivity index (χ0n) is 9.63. The minimum Gasteiger partial charge on any atom is -0.357 e. The average Bonchev–Trinajstić information content (AvgIpc) is 2.45. The Kier molecular flexibility index (Phi) is 4.43. The lowest BCUT2D eigenvalue weighted by molar-refractivity contribution is 0.883. The van der Waals surface area contributed by atoms with E-state index in [0.29, 0.717) is 17.5 Å². The zero-order valence-corrected chi connectivity index (χ0v) is 10.4. The fourth-order valence-electron chi connectivity index (χ4n) is 1.31. The molecule has 18 heavy (non-hydrogen) atoms. The molecule has 0 aliphatic heterocycles. The van der Waals surface area contributed by atoms with Crippen molar-refractivity contribution in [2.24, 2.45) is 0 Å². The number of nitrogens with zero attached hydrogens (tertiary/aromatic N) is 2. The highest BCUT2D eigenvalue weighted by molar-refractivity contribution is 7.80. The van der Waals surface area contributed by atoms with Gasteiger partial charge in [0, 0.05) is 18.9 Å². The highest BCUT2D eigenvalue weighted by Crippen LogP contribution is 1.97. The van der Waals surface area contributed by atoms with Crippen LogP contribution >= 0.6 is 12.2 Å². The molecule has 0 aliphatic rings. The van der Waals surface area contributed by atoms with Crippen LogP contribution in [0.1, 0.15) is 5.56 Å². The van der Waals surface area contributed by atoms with Gasteiger partial charge in [-0.2, -0.15) is 0 Å². The van der Waals surface area contributed by atoms with Crippen molar-refractivity contribution in [1.82, 2.24) is 20.7 Å². The first kappa shape index (κ1) is 12.3. The molecule has 1 aromatic carbocycles. The normalized spacial score (nSPS) is 9.56. The zero-order chi connectivity index (χ0) is 12.6. The molecule has 5 nitrogen and oxygen atoms in total. The number of hydrazine groups is 1. The van der Waals surface area contributed by atoms with E-state index in [1.807, 2.05) is 30.3 Å². The Labute approximate surface area is 111 Å². The molecule has 0 radical (unpaired) electrons. The molecule has 0 fully saturated rings. The van der Waals surface area contributed by atoms with E-state index in [4.69, 9.17) is 12.2 Å². The Morgan fingerprint density at radius 2 is 2.00 bits per heavy atom. The summed E-state index contributed by atoms with van der Waals surface area (Å²) in [5.41, 5.74) is 6.86. The van der Waals surface area contributed by atoms with Crippen LogP contribution in [0, 0.1) is 0 Å². The number of anilines is 1. The molecule has 1 heterocycles. The highest BCUT2D eigenvalue weighted by Gasteiger charge is 1.96. The molecule has 0 unspecified atom stereocenters. The Balaban J connectivity index is 1.73. The molecule has 1 aromatic heterocycles. The lowest BCUT2D eigenvalue weighted by Crippen LogP contribution is -2.38. The summed E-state index contributed by atoms with van der Waals surface area (Å²) >= 11 is 5.12. The molecule has 0 aliphatic carbocycles. The van der Waals surface area contributed by atoms with Gasteiger partial charge in [-0.3, -0.25) is 15.8 Å². The maximum Gasteiger partial charge on any atom is 0.185 e. The van der Waals surface area contributed by atoms with Gasteiger partial charge in [0.15, 0.2) is 10.9 Å². The van der Waals surface area contributed by atoms with Crippen molar-refractivity contribution in [3.05, 3.63) is 54.5 Å². The number of rotatable bonds is 4. The van der Waals surface area contributed by atoms with Gasteiger partial charge in [-0.1, -0.05) is 30.3 Å². The van der Waals surface area contributed by atoms with Crippen molar-refractivity contribution in [2.75, 3.05) is 5.43 Å². The van der Waals surface area contributed by atoms with Gasteiger partial charge in [-0.05, 0) is 17.8 Å². The first-order valence-electron chi connectivity index (χ1n) is 5.44. The Morgan fingerprint density at radius 3 is 2.72 bits per heavy atom. The summed E-state index contributed by atoms with van der Waals surface area (Å²) in [6, 6.07) is 10.0. The third-order valence-electron chi connectivity index (χ3n) is 2.16. The van der Waals surface area contributed by atoms with Gasteiger partial charge >= 0.3 is 0 Å². The van der Waals surface area contributed by atoms with E-state index in [0.717, 1.165) is 0 Å². The summed E-state index contributed by atoms with van der Waals surface area (Å²) in [5.74, 6) is 0.612. The van der Waals surface area contributed by atoms with E-state index in [-0.39, 0.29) is 0 Å². The predicted molar refractivity (Wildman–Crippen MR) is 74.7 cm³/mol. The molecule has 0 bridgehead atoms. The van der Waals surface area contributed by atoms with Gasteiger partial charge in [-0.25, -0.2) is 4.98 Å². The van der Waals surface area contributed by atoms with Crippen molar-refractivity contribution < 1.29 is 0 Å². The summed E-state index contributed by atoms with van der Waals surface area (Å²) in [7, 11) is 0. The Bertz CT molecular complexity index is 443. The topological polar surface area (TPSA) is 61.9 Å².